The third kappa shape index (κ3) is 2.50. The van der Waals surface area contributed by atoms with Crippen LogP contribution in [0.3, 0.4) is 0 Å². The largest absolute Gasteiger partial charge is 0.466 e. The molecule has 2 aliphatic carbocycles. The molecule has 0 bridgehead atoms. The Hall–Kier alpha value is -0.900. The molecule has 2 rings (SSSR count). The second-order valence-corrected chi connectivity index (χ2v) is 6.61. The Morgan fingerprint density at radius 2 is 2.05 bits per heavy atom. The maximum absolute atomic E-state index is 12.9. The number of hydrogen-bond donors (Lipinski definition) is 1. The summed E-state index contributed by atoms with van der Waals surface area (Å²) in [7, 11) is 0. The van der Waals surface area contributed by atoms with Crippen LogP contribution < -0.4 is 0 Å². The van der Waals surface area contributed by atoms with Gasteiger partial charge >= 0.3 is 5.97 Å². The van der Waals surface area contributed by atoms with Crippen LogP contribution in [0.1, 0.15) is 52.9 Å². The van der Waals surface area contributed by atoms with Crippen LogP contribution in [0.2, 0.25) is 0 Å². The lowest BCUT2D eigenvalue weighted by Gasteiger charge is -2.35. The van der Waals surface area contributed by atoms with Crippen molar-refractivity contribution in [2.75, 3.05) is 6.61 Å². The smallest absolute Gasteiger partial charge is 0.306 e. The van der Waals surface area contributed by atoms with Gasteiger partial charge in [-0.15, -0.1) is 0 Å². The number of rotatable bonds is 3. The van der Waals surface area contributed by atoms with Gasteiger partial charge in [0.1, 0.15) is 5.78 Å². The molecule has 0 heterocycles. The lowest BCUT2D eigenvalue weighted by atomic mass is 9.69. The van der Waals surface area contributed by atoms with Crippen LogP contribution in [0, 0.1) is 23.2 Å². The summed E-state index contributed by atoms with van der Waals surface area (Å²) in [5.74, 6) is 0.155. The zero-order valence-corrected chi connectivity index (χ0v) is 12.7. The number of ketones is 1. The van der Waals surface area contributed by atoms with Crippen LogP contribution in [0.25, 0.3) is 0 Å². The summed E-state index contributed by atoms with van der Waals surface area (Å²) in [6.45, 7) is 6.18. The number of carbonyl (C=O) groups excluding carboxylic acids is 2. The number of esters is 1. The standard InChI is InChI=1S/C16H26O4/c1-4-20-14(18)9-11-6-5-10(2)12-7-8-13(17)16(12,3)15(11)19/h10-13,17H,4-9H2,1-3H3/t10-,11-,12+,13-,16-/m0/s1. The molecule has 4 nitrogen and oxygen atoms in total. The third-order valence-electron chi connectivity index (χ3n) is 5.49. The van der Waals surface area contributed by atoms with Crippen LogP contribution in [-0.4, -0.2) is 29.6 Å². The Bertz CT molecular complexity index is 392. The normalized spacial score (nSPS) is 41.1. The highest BCUT2D eigenvalue weighted by atomic mass is 16.5. The van der Waals surface area contributed by atoms with Crippen molar-refractivity contribution in [2.24, 2.45) is 23.2 Å². The Balaban J connectivity index is 2.20. The first-order valence-corrected chi connectivity index (χ1v) is 7.79. The van der Waals surface area contributed by atoms with Gasteiger partial charge in [-0.2, -0.15) is 0 Å². The molecule has 0 unspecified atom stereocenters. The fraction of sp³-hybridized carbons (Fsp3) is 0.875. The van der Waals surface area contributed by atoms with Crippen LogP contribution >= 0.6 is 0 Å². The molecule has 0 spiro atoms. The van der Waals surface area contributed by atoms with Crippen molar-refractivity contribution in [3.63, 3.8) is 0 Å². The molecule has 2 saturated carbocycles. The third-order valence-corrected chi connectivity index (χ3v) is 5.49. The fourth-order valence-corrected chi connectivity index (χ4v) is 4.26. The summed E-state index contributed by atoms with van der Waals surface area (Å²) in [4.78, 5) is 24.6. The molecule has 0 radical (unpaired) electrons. The molecule has 1 N–H and O–H groups in total. The monoisotopic (exact) mass is 282 g/mol. The number of hydrogen-bond acceptors (Lipinski definition) is 4. The Kier molecular flexibility index (Phi) is 4.52. The van der Waals surface area contributed by atoms with Gasteiger partial charge in [0.15, 0.2) is 0 Å². The zero-order valence-electron chi connectivity index (χ0n) is 12.7. The van der Waals surface area contributed by atoms with E-state index < -0.39 is 11.5 Å². The van der Waals surface area contributed by atoms with Crippen molar-refractivity contribution in [2.45, 2.75) is 59.0 Å². The molecule has 20 heavy (non-hydrogen) atoms. The molecule has 0 aromatic rings. The van der Waals surface area contributed by atoms with Crippen LogP contribution in [-0.2, 0) is 14.3 Å². The average Bonchev–Trinajstić information content (AvgIpc) is 2.67. The van der Waals surface area contributed by atoms with Gasteiger partial charge in [-0.1, -0.05) is 6.92 Å². The van der Waals surface area contributed by atoms with Crippen LogP contribution in [0.5, 0.6) is 0 Å². The van der Waals surface area contributed by atoms with E-state index >= 15 is 0 Å². The van der Waals surface area contributed by atoms with Crippen molar-refractivity contribution >= 4 is 11.8 Å². The minimum Gasteiger partial charge on any atom is -0.466 e. The second kappa shape index (κ2) is 5.84. The number of ether oxygens (including phenoxy) is 1. The first-order chi connectivity index (χ1) is 9.41. The second-order valence-electron chi connectivity index (χ2n) is 6.61. The molecule has 2 aliphatic rings. The van der Waals surface area contributed by atoms with E-state index in [2.05, 4.69) is 6.92 Å². The average molecular weight is 282 g/mol. The number of carbonyl (C=O) groups is 2. The zero-order chi connectivity index (χ0) is 14.9. The van der Waals surface area contributed by atoms with Gasteiger partial charge in [0.05, 0.1) is 24.5 Å². The van der Waals surface area contributed by atoms with E-state index in [4.69, 9.17) is 4.74 Å². The molecular weight excluding hydrogens is 256 g/mol. The van der Waals surface area contributed by atoms with Gasteiger partial charge < -0.3 is 9.84 Å². The fourth-order valence-electron chi connectivity index (χ4n) is 4.26. The summed E-state index contributed by atoms with van der Waals surface area (Å²) in [6, 6.07) is 0. The lowest BCUT2D eigenvalue weighted by molar-refractivity contribution is -0.149. The van der Waals surface area contributed by atoms with Gasteiger partial charge in [-0.3, -0.25) is 9.59 Å². The summed E-state index contributed by atoms with van der Waals surface area (Å²) < 4.78 is 4.98. The minimum absolute atomic E-state index is 0.0740. The van der Waals surface area contributed by atoms with E-state index in [1.54, 1.807) is 6.92 Å². The number of aliphatic hydroxyl groups excluding tert-OH is 1. The summed E-state index contributed by atoms with van der Waals surface area (Å²) in [6.07, 6.45) is 2.89. The lowest BCUT2D eigenvalue weighted by Crippen LogP contribution is -2.44. The molecule has 0 aromatic heterocycles. The maximum atomic E-state index is 12.9. The van der Waals surface area contributed by atoms with Crippen molar-refractivity contribution in [1.29, 1.82) is 0 Å². The van der Waals surface area contributed by atoms with Gasteiger partial charge in [-0.25, -0.2) is 0 Å². The van der Waals surface area contributed by atoms with Crippen molar-refractivity contribution in [3.8, 4) is 0 Å². The van der Waals surface area contributed by atoms with E-state index in [-0.39, 0.29) is 30.0 Å². The first kappa shape index (κ1) is 15.5. The highest BCUT2D eigenvalue weighted by Crippen LogP contribution is 2.52. The molecule has 5 atom stereocenters. The molecule has 0 aliphatic heterocycles. The number of Topliss-reactive ketones (excluding diaryl/α,β-unsaturated/α-hetero) is 1. The summed E-state index contributed by atoms with van der Waals surface area (Å²) in [5, 5.41) is 10.3. The van der Waals surface area contributed by atoms with E-state index in [0.717, 1.165) is 19.3 Å². The quantitative estimate of drug-likeness (QED) is 0.807. The molecule has 4 heteroatoms. The SMILES string of the molecule is CCOC(=O)C[C@@H]1CC[C@H](C)[C@H]2CC[C@H](O)[C@@]2(C)C1=O. The predicted octanol–water partition coefficient (Wildman–Crippen LogP) is 2.33. The minimum atomic E-state index is -0.674. The van der Waals surface area contributed by atoms with Crippen molar-refractivity contribution in [3.05, 3.63) is 0 Å². The van der Waals surface area contributed by atoms with Crippen molar-refractivity contribution in [1.82, 2.24) is 0 Å². The Morgan fingerprint density at radius 3 is 2.70 bits per heavy atom. The van der Waals surface area contributed by atoms with E-state index in [9.17, 15) is 14.7 Å². The van der Waals surface area contributed by atoms with Crippen molar-refractivity contribution < 1.29 is 19.4 Å². The van der Waals surface area contributed by atoms with Gasteiger partial charge in [0, 0.05) is 5.92 Å². The maximum Gasteiger partial charge on any atom is 0.306 e. The van der Waals surface area contributed by atoms with Gasteiger partial charge in [-0.05, 0) is 51.4 Å². The topological polar surface area (TPSA) is 63.6 Å². The van der Waals surface area contributed by atoms with Gasteiger partial charge in [0.2, 0.25) is 0 Å². The molecule has 0 saturated heterocycles. The summed E-state index contributed by atoms with van der Waals surface area (Å²) in [5.41, 5.74) is -0.674. The molecule has 2 fully saturated rings. The van der Waals surface area contributed by atoms with E-state index in [0.29, 0.717) is 18.9 Å². The number of aliphatic hydroxyl groups is 1. The molecule has 114 valence electrons. The number of fused-ring (bicyclic) bond motifs is 1. The molecular formula is C16H26O4. The molecule has 0 aromatic carbocycles. The van der Waals surface area contributed by atoms with Gasteiger partial charge in [0.25, 0.3) is 0 Å². The highest BCUT2D eigenvalue weighted by molar-refractivity contribution is 5.91. The van der Waals surface area contributed by atoms with Crippen LogP contribution in [0.15, 0.2) is 0 Å². The van der Waals surface area contributed by atoms with Crippen LogP contribution in [0.4, 0.5) is 0 Å². The Morgan fingerprint density at radius 1 is 1.35 bits per heavy atom. The van der Waals surface area contributed by atoms with E-state index in [1.807, 2.05) is 6.92 Å². The summed E-state index contributed by atoms with van der Waals surface area (Å²) >= 11 is 0. The molecule has 0 amide bonds. The van der Waals surface area contributed by atoms with E-state index in [1.165, 1.54) is 0 Å². The highest BCUT2D eigenvalue weighted by Gasteiger charge is 2.55. The first-order valence-electron chi connectivity index (χ1n) is 7.79. The predicted molar refractivity (Wildman–Crippen MR) is 75.0 cm³/mol. The Labute approximate surface area is 120 Å².